The smallest absolute Gasteiger partial charge is 0.131 e. The molecule has 0 aliphatic carbocycles. The molecule has 0 saturated heterocycles. The molecule has 3 heteroatoms. The van der Waals surface area contributed by atoms with Gasteiger partial charge in [-0.1, -0.05) is 0 Å². The Bertz CT molecular complexity index is 319. The van der Waals surface area contributed by atoms with E-state index in [1.54, 1.807) is 0 Å². The molecule has 78 valence electrons. The van der Waals surface area contributed by atoms with Crippen LogP contribution in [0.2, 0.25) is 0 Å². The molecular weight excluding hydrogens is 174 g/mol. The predicted octanol–water partition coefficient (Wildman–Crippen LogP) is 1.98. The maximum atomic E-state index is 5.70. The molecule has 0 unspecified atom stereocenters. The highest BCUT2D eigenvalue weighted by Gasteiger charge is 2.07. The highest BCUT2D eigenvalue weighted by Crippen LogP contribution is 2.18. The van der Waals surface area contributed by atoms with Gasteiger partial charge in [0.2, 0.25) is 0 Å². The van der Waals surface area contributed by atoms with Gasteiger partial charge in [0.15, 0.2) is 0 Å². The lowest BCUT2D eigenvalue weighted by Crippen LogP contribution is -2.15. The third-order valence-electron chi connectivity index (χ3n) is 2.10. The van der Waals surface area contributed by atoms with Crippen LogP contribution in [0.5, 0.6) is 0 Å². The number of hydrogen-bond donors (Lipinski definition) is 2. The van der Waals surface area contributed by atoms with E-state index in [2.05, 4.69) is 37.1 Å². The Labute approximate surface area is 85.7 Å². The molecule has 3 N–H and O–H groups in total. The number of rotatable bonds is 3. The molecule has 0 amide bonds. The fourth-order valence-corrected chi connectivity index (χ4v) is 1.51. The van der Waals surface area contributed by atoms with Crippen LogP contribution in [0.15, 0.2) is 6.07 Å². The second-order valence-electron chi connectivity index (χ2n) is 3.91. The van der Waals surface area contributed by atoms with Crippen LogP contribution in [0.3, 0.4) is 0 Å². The van der Waals surface area contributed by atoms with Crippen molar-refractivity contribution in [2.24, 2.45) is 5.73 Å². The number of pyridine rings is 1. The summed E-state index contributed by atoms with van der Waals surface area (Å²) in [5, 5.41) is 3.31. The third-order valence-corrected chi connectivity index (χ3v) is 2.10. The summed E-state index contributed by atoms with van der Waals surface area (Å²) < 4.78 is 0. The van der Waals surface area contributed by atoms with Crippen LogP contribution in [0.4, 0.5) is 5.82 Å². The molecule has 1 aromatic heterocycles. The largest absolute Gasteiger partial charge is 0.368 e. The molecule has 3 nitrogen and oxygen atoms in total. The molecule has 0 aliphatic rings. The van der Waals surface area contributed by atoms with Crippen molar-refractivity contribution in [3.63, 3.8) is 0 Å². The molecule has 0 radical (unpaired) electrons. The highest BCUT2D eigenvalue weighted by atomic mass is 15.0. The van der Waals surface area contributed by atoms with Crippen LogP contribution >= 0.6 is 0 Å². The number of anilines is 1. The Morgan fingerprint density at radius 2 is 2.07 bits per heavy atom. The van der Waals surface area contributed by atoms with Gasteiger partial charge in [0.1, 0.15) is 5.82 Å². The summed E-state index contributed by atoms with van der Waals surface area (Å²) in [6.45, 7) is 8.80. The Kier molecular flexibility index (Phi) is 3.47. The van der Waals surface area contributed by atoms with E-state index in [1.807, 2.05) is 6.92 Å². The van der Waals surface area contributed by atoms with Gasteiger partial charge < -0.3 is 11.1 Å². The van der Waals surface area contributed by atoms with E-state index >= 15 is 0 Å². The minimum absolute atomic E-state index is 0.383. The first kappa shape index (κ1) is 11.0. The van der Waals surface area contributed by atoms with E-state index in [0.717, 1.165) is 17.1 Å². The minimum atomic E-state index is 0.383. The molecule has 0 aromatic carbocycles. The van der Waals surface area contributed by atoms with Crippen molar-refractivity contribution >= 4 is 5.82 Å². The Hall–Kier alpha value is -1.09. The zero-order valence-corrected chi connectivity index (χ0v) is 9.39. The average molecular weight is 193 g/mol. The number of nitrogens with one attached hydrogen (secondary N) is 1. The number of nitrogens with two attached hydrogens (primary N) is 1. The van der Waals surface area contributed by atoms with Crippen LogP contribution in [-0.4, -0.2) is 11.0 Å². The SMILES string of the molecule is Cc1cc(C)c(CN)c(NC(C)C)n1. The molecule has 0 saturated carbocycles. The average Bonchev–Trinajstić information content (AvgIpc) is 2.01. The van der Waals surface area contributed by atoms with E-state index in [0.29, 0.717) is 12.6 Å². The lowest BCUT2D eigenvalue weighted by Gasteiger charge is -2.15. The molecule has 0 spiro atoms. The van der Waals surface area contributed by atoms with Gasteiger partial charge >= 0.3 is 0 Å². The number of aromatic nitrogens is 1. The minimum Gasteiger partial charge on any atom is -0.368 e. The van der Waals surface area contributed by atoms with Gasteiger partial charge in [-0.25, -0.2) is 4.98 Å². The molecule has 0 atom stereocenters. The van der Waals surface area contributed by atoms with Gasteiger partial charge in [0.25, 0.3) is 0 Å². The molecule has 0 bridgehead atoms. The maximum absolute atomic E-state index is 5.70. The first-order valence-corrected chi connectivity index (χ1v) is 4.98. The van der Waals surface area contributed by atoms with Crippen LogP contribution in [0.1, 0.15) is 30.7 Å². The van der Waals surface area contributed by atoms with Crippen molar-refractivity contribution in [3.8, 4) is 0 Å². The van der Waals surface area contributed by atoms with E-state index in [1.165, 1.54) is 5.56 Å². The summed E-state index contributed by atoms with van der Waals surface area (Å²) in [5.41, 5.74) is 9.05. The fraction of sp³-hybridized carbons (Fsp3) is 0.545. The first-order chi connectivity index (χ1) is 6.54. The quantitative estimate of drug-likeness (QED) is 0.771. The molecule has 0 aliphatic heterocycles. The summed E-state index contributed by atoms with van der Waals surface area (Å²) in [6, 6.07) is 2.45. The molecule has 1 rings (SSSR count). The maximum Gasteiger partial charge on any atom is 0.131 e. The normalized spacial score (nSPS) is 10.7. The van der Waals surface area contributed by atoms with Gasteiger partial charge in [0.05, 0.1) is 0 Å². The van der Waals surface area contributed by atoms with Crippen molar-refractivity contribution in [2.45, 2.75) is 40.3 Å². The van der Waals surface area contributed by atoms with Crippen LogP contribution in [0.25, 0.3) is 0 Å². The van der Waals surface area contributed by atoms with E-state index < -0.39 is 0 Å². The zero-order valence-electron chi connectivity index (χ0n) is 9.39. The lowest BCUT2D eigenvalue weighted by atomic mass is 10.1. The van der Waals surface area contributed by atoms with Crippen molar-refractivity contribution in [1.29, 1.82) is 0 Å². The third kappa shape index (κ3) is 2.45. The first-order valence-electron chi connectivity index (χ1n) is 4.98. The Balaban J connectivity index is 3.11. The monoisotopic (exact) mass is 193 g/mol. The van der Waals surface area contributed by atoms with Gasteiger partial charge in [-0.05, 0) is 39.3 Å². The van der Waals surface area contributed by atoms with Crippen LogP contribution in [-0.2, 0) is 6.54 Å². The van der Waals surface area contributed by atoms with Gasteiger partial charge in [-0.2, -0.15) is 0 Å². The van der Waals surface area contributed by atoms with Gasteiger partial charge in [-0.3, -0.25) is 0 Å². The van der Waals surface area contributed by atoms with Gasteiger partial charge in [0, 0.05) is 23.8 Å². The Morgan fingerprint density at radius 1 is 1.43 bits per heavy atom. The molecule has 1 aromatic rings. The second kappa shape index (κ2) is 4.42. The number of aryl methyl sites for hydroxylation is 2. The topological polar surface area (TPSA) is 50.9 Å². The van der Waals surface area contributed by atoms with Crippen molar-refractivity contribution in [2.75, 3.05) is 5.32 Å². The molecule has 0 fully saturated rings. The summed E-state index contributed by atoms with van der Waals surface area (Å²) >= 11 is 0. The predicted molar refractivity (Wildman–Crippen MR) is 60.4 cm³/mol. The second-order valence-corrected chi connectivity index (χ2v) is 3.91. The van der Waals surface area contributed by atoms with Crippen LogP contribution in [0, 0.1) is 13.8 Å². The molecule has 1 heterocycles. The summed E-state index contributed by atoms with van der Waals surface area (Å²) in [4.78, 5) is 4.45. The van der Waals surface area contributed by atoms with Crippen molar-refractivity contribution in [3.05, 3.63) is 22.9 Å². The summed E-state index contributed by atoms with van der Waals surface area (Å²) in [6.07, 6.45) is 0. The summed E-state index contributed by atoms with van der Waals surface area (Å²) in [7, 11) is 0. The van der Waals surface area contributed by atoms with Gasteiger partial charge in [-0.15, -0.1) is 0 Å². The fourth-order valence-electron chi connectivity index (χ4n) is 1.51. The van der Waals surface area contributed by atoms with E-state index in [9.17, 15) is 0 Å². The Morgan fingerprint density at radius 3 is 2.57 bits per heavy atom. The summed E-state index contributed by atoms with van der Waals surface area (Å²) in [5.74, 6) is 0.931. The van der Waals surface area contributed by atoms with Crippen molar-refractivity contribution in [1.82, 2.24) is 4.98 Å². The van der Waals surface area contributed by atoms with Crippen molar-refractivity contribution < 1.29 is 0 Å². The number of hydrogen-bond acceptors (Lipinski definition) is 3. The highest BCUT2D eigenvalue weighted by molar-refractivity contribution is 5.49. The molecule has 14 heavy (non-hydrogen) atoms. The zero-order chi connectivity index (χ0) is 10.7. The number of nitrogens with zero attached hydrogens (tertiary/aromatic N) is 1. The standard InChI is InChI=1S/C11H19N3/c1-7(2)13-11-10(6-12)8(3)5-9(4)14-11/h5,7H,6,12H2,1-4H3,(H,13,14). The van der Waals surface area contributed by atoms with Crippen LogP contribution < -0.4 is 11.1 Å². The lowest BCUT2D eigenvalue weighted by molar-refractivity contribution is 0.873. The van der Waals surface area contributed by atoms with E-state index in [-0.39, 0.29) is 0 Å². The van der Waals surface area contributed by atoms with E-state index in [4.69, 9.17) is 5.73 Å². The molecular formula is C11H19N3.